The van der Waals surface area contributed by atoms with Crippen molar-refractivity contribution in [1.82, 2.24) is 5.32 Å². The zero-order valence-electron chi connectivity index (χ0n) is 11.7. The average molecular weight is 271 g/mol. The molecule has 20 heavy (non-hydrogen) atoms. The number of rotatable bonds is 4. The number of ether oxygens (including phenoxy) is 1. The van der Waals surface area contributed by atoms with Crippen molar-refractivity contribution >= 4 is 5.91 Å². The second-order valence-corrected chi connectivity index (χ2v) is 6.53. The van der Waals surface area contributed by atoms with Crippen LogP contribution in [0.5, 0.6) is 5.75 Å². The van der Waals surface area contributed by atoms with Crippen molar-refractivity contribution in [2.75, 3.05) is 6.61 Å². The quantitative estimate of drug-likeness (QED) is 0.914. The molecule has 106 valence electrons. The number of fused-ring (bicyclic) bond motifs is 1. The third-order valence-electron chi connectivity index (χ3n) is 4.82. The number of carbonyl (C=O) groups excluding carboxylic acids is 1. The minimum Gasteiger partial charge on any atom is -0.492 e. The Morgan fingerprint density at radius 3 is 2.55 bits per heavy atom. The Labute approximate surface area is 119 Å². The molecule has 0 radical (unpaired) electrons. The van der Waals surface area contributed by atoms with Gasteiger partial charge in [-0.3, -0.25) is 4.79 Å². The second kappa shape index (κ2) is 4.80. The average Bonchev–Trinajstić information content (AvgIpc) is 3.37. The van der Waals surface area contributed by atoms with Gasteiger partial charge in [0.25, 0.3) is 0 Å². The first-order chi connectivity index (χ1) is 9.81. The van der Waals surface area contributed by atoms with Gasteiger partial charge in [0.1, 0.15) is 12.4 Å². The van der Waals surface area contributed by atoms with Crippen LogP contribution >= 0.6 is 0 Å². The van der Waals surface area contributed by atoms with E-state index in [0.717, 1.165) is 29.6 Å². The van der Waals surface area contributed by atoms with Gasteiger partial charge in [0.2, 0.25) is 5.91 Å². The summed E-state index contributed by atoms with van der Waals surface area (Å²) in [6.45, 7) is 0.519. The molecule has 0 aromatic heterocycles. The van der Waals surface area contributed by atoms with E-state index in [1.165, 1.54) is 25.7 Å². The number of carbonyl (C=O) groups is 1. The van der Waals surface area contributed by atoms with Crippen molar-refractivity contribution in [3.8, 4) is 5.75 Å². The molecule has 0 saturated heterocycles. The highest BCUT2D eigenvalue weighted by Crippen LogP contribution is 2.44. The lowest BCUT2D eigenvalue weighted by Crippen LogP contribution is -2.44. The highest BCUT2D eigenvalue weighted by atomic mass is 16.5. The molecule has 1 heterocycles. The largest absolute Gasteiger partial charge is 0.492 e. The molecular formula is C17H21NO2. The number of hydrogen-bond donors (Lipinski definition) is 1. The first-order valence-corrected chi connectivity index (χ1v) is 7.82. The molecule has 3 nitrogen and oxygen atoms in total. The molecule has 3 heteroatoms. The molecule has 1 aliphatic heterocycles. The molecule has 1 aromatic carbocycles. The molecule has 0 unspecified atom stereocenters. The lowest BCUT2D eigenvalue weighted by molar-refractivity contribution is -0.127. The van der Waals surface area contributed by atoms with Crippen LogP contribution < -0.4 is 10.1 Å². The molecule has 1 atom stereocenters. The maximum absolute atomic E-state index is 12.5. The van der Waals surface area contributed by atoms with Gasteiger partial charge in [-0.2, -0.15) is 0 Å². The molecule has 3 aliphatic rings. The minimum absolute atomic E-state index is 0.0232. The minimum atomic E-state index is -0.0232. The fourth-order valence-corrected chi connectivity index (χ4v) is 3.31. The van der Waals surface area contributed by atoms with Crippen LogP contribution in [0.25, 0.3) is 0 Å². The SMILES string of the molecule is O=C(NC(C1CC1)C1CC1)[C@@H]1COc2ccccc2C1. The van der Waals surface area contributed by atoms with Gasteiger partial charge in [-0.15, -0.1) is 0 Å². The molecule has 1 N–H and O–H groups in total. The summed E-state index contributed by atoms with van der Waals surface area (Å²) < 4.78 is 5.73. The van der Waals surface area contributed by atoms with Crippen molar-refractivity contribution in [1.29, 1.82) is 0 Å². The fraction of sp³-hybridized carbons (Fsp3) is 0.588. The fourth-order valence-electron chi connectivity index (χ4n) is 3.31. The maximum Gasteiger partial charge on any atom is 0.227 e. The summed E-state index contributed by atoms with van der Waals surface area (Å²) in [6.07, 6.45) is 6.00. The van der Waals surface area contributed by atoms with E-state index >= 15 is 0 Å². The smallest absolute Gasteiger partial charge is 0.227 e. The van der Waals surface area contributed by atoms with E-state index in [9.17, 15) is 4.79 Å². The summed E-state index contributed by atoms with van der Waals surface area (Å²) in [6, 6.07) is 8.49. The molecule has 2 fully saturated rings. The van der Waals surface area contributed by atoms with Gasteiger partial charge < -0.3 is 10.1 Å². The van der Waals surface area contributed by atoms with Crippen molar-refractivity contribution < 1.29 is 9.53 Å². The zero-order chi connectivity index (χ0) is 13.5. The van der Waals surface area contributed by atoms with Crippen LogP contribution in [0.3, 0.4) is 0 Å². The molecular weight excluding hydrogens is 250 g/mol. The van der Waals surface area contributed by atoms with Gasteiger partial charge in [0, 0.05) is 6.04 Å². The lowest BCUT2D eigenvalue weighted by atomic mass is 9.95. The molecule has 1 aromatic rings. The van der Waals surface area contributed by atoms with E-state index in [0.29, 0.717) is 12.6 Å². The summed E-state index contributed by atoms with van der Waals surface area (Å²) >= 11 is 0. The van der Waals surface area contributed by atoms with Gasteiger partial charge in [-0.1, -0.05) is 18.2 Å². The van der Waals surface area contributed by atoms with E-state index in [-0.39, 0.29) is 11.8 Å². The van der Waals surface area contributed by atoms with E-state index in [1.807, 2.05) is 18.2 Å². The molecule has 0 spiro atoms. The van der Waals surface area contributed by atoms with Crippen LogP contribution in [-0.2, 0) is 11.2 Å². The number of nitrogens with one attached hydrogen (secondary N) is 1. The van der Waals surface area contributed by atoms with Crippen molar-refractivity contribution in [3.05, 3.63) is 29.8 Å². The Hall–Kier alpha value is -1.51. The van der Waals surface area contributed by atoms with Crippen LogP contribution in [0.15, 0.2) is 24.3 Å². The van der Waals surface area contributed by atoms with Crippen molar-refractivity contribution in [2.45, 2.75) is 38.1 Å². The normalized spacial score (nSPS) is 24.9. The molecule has 2 saturated carbocycles. The highest BCUT2D eigenvalue weighted by Gasteiger charge is 2.43. The Balaban J connectivity index is 1.41. The topological polar surface area (TPSA) is 38.3 Å². The van der Waals surface area contributed by atoms with Gasteiger partial charge in [-0.25, -0.2) is 0 Å². The molecule has 4 rings (SSSR count). The Morgan fingerprint density at radius 2 is 1.85 bits per heavy atom. The number of para-hydroxylation sites is 1. The molecule has 0 bridgehead atoms. The lowest BCUT2D eigenvalue weighted by Gasteiger charge is -2.27. The van der Waals surface area contributed by atoms with Gasteiger partial charge in [-0.05, 0) is 55.6 Å². The maximum atomic E-state index is 12.5. The molecule has 2 aliphatic carbocycles. The second-order valence-electron chi connectivity index (χ2n) is 6.53. The van der Waals surface area contributed by atoms with Crippen LogP contribution in [-0.4, -0.2) is 18.6 Å². The van der Waals surface area contributed by atoms with Crippen LogP contribution in [0.4, 0.5) is 0 Å². The summed E-state index contributed by atoms with van der Waals surface area (Å²) in [5.74, 6) is 2.62. The summed E-state index contributed by atoms with van der Waals surface area (Å²) in [5.41, 5.74) is 1.16. The monoisotopic (exact) mass is 271 g/mol. The zero-order valence-corrected chi connectivity index (χ0v) is 11.7. The van der Waals surface area contributed by atoms with Gasteiger partial charge in [0.05, 0.1) is 5.92 Å². The van der Waals surface area contributed by atoms with E-state index in [1.54, 1.807) is 0 Å². The van der Waals surface area contributed by atoms with Gasteiger partial charge >= 0.3 is 0 Å². The van der Waals surface area contributed by atoms with Crippen molar-refractivity contribution in [2.24, 2.45) is 17.8 Å². The van der Waals surface area contributed by atoms with E-state index in [2.05, 4.69) is 11.4 Å². The van der Waals surface area contributed by atoms with Crippen LogP contribution in [0.1, 0.15) is 31.2 Å². The van der Waals surface area contributed by atoms with E-state index in [4.69, 9.17) is 4.74 Å². The third-order valence-corrected chi connectivity index (χ3v) is 4.82. The Kier molecular flexibility index (Phi) is 2.94. The Bertz CT molecular complexity index is 507. The number of amides is 1. The summed E-state index contributed by atoms with van der Waals surface area (Å²) in [5, 5.41) is 3.32. The van der Waals surface area contributed by atoms with Crippen LogP contribution in [0, 0.1) is 17.8 Å². The van der Waals surface area contributed by atoms with Gasteiger partial charge in [0.15, 0.2) is 0 Å². The first kappa shape index (κ1) is 12.2. The first-order valence-electron chi connectivity index (χ1n) is 7.82. The Morgan fingerprint density at radius 1 is 1.15 bits per heavy atom. The molecule has 1 amide bonds. The predicted octanol–water partition coefficient (Wildman–Crippen LogP) is 2.54. The predicted molar refractivity (Wildman–Crippen MR) is 76.5 cm³/mol. The summed E-state index contributed by atoms with van der Waals surface area (Å²) in [4.78, 5) is 12.5. The highest BCUT2D eigenvalue weighted by molar-refractivity contribution is 5.80. The third kappa shape index (κ3) is 2.41. The number of benzene rings is 1. The standard InChI is InChI=1S/C17H21NO2/c19-17(18-16(11-5-6-11)12-7-8-12)14-9-13-3-1-2-4-15(13)20-10-14/h1-4,11-12,14,16H,5-10H2,(H,18,19)/t14-/m0/s1. The van der Waals surface area contributed by atoms with Crippen LogP contribution in [0.2, 0.25) is 0 Å². The summed E-state index contributed by atoms with van der Waals surface area (Å²) in [7, 11) is 0. The van der Waals surface area contributed by atoms with E-state index < -0.39 is 0 Å². The number of hydrogen-bond acceptors (Lipinski definition) is 2. The van der Waals surface area contributed by atoms with Crippen molar-refractivity contribution in [3.63, 3.8) is 0 Å².